The molecule has 0 aliphatic carbocycles. The Bertz CT molecular complexity index is 823. The van der Waals surface area contributed by atoms with Crippen LogP contribution in [0.5, 0.6) is 0 Å². The molecule has 0 amide bonds. The van der Waals surface area contributed by atoms with Gasteiger partial charge in [0.25, 0.3) is 0 Å². The number of rotatable bonds is 7. The summed E-state index contributed by atoms with van der Waals surface area (Å²) in [4.78, 5) is 4.86. The molecule has 0 spiro atoms. The zero-order chi connectivity index (χ0) is 19.0. The molecule has 0 saturated carbocycles. The smallest absolute Gasteiger partial charge is 0.242 e. The van der Waals surface area contributed by atoms with Crippen LogP contribution in [-0.4, -0.2) is 39.3 Å². The van der Waals surface area contributed by atoms with Crippen LogP contribution in [0.1, 0.15) is 18.1 Å². The SMILES string of the molecule is CCNC(=NCc1ccccc1)NCc1ccc(S(=O)(=O)N(C)C)cc1.I. The predicted molar refractivity (Wildman–Crippen MR) is 121 cm³/mol. The van der Waals surface area contributed by atoms with E-state index in [0.717, 1.165) is 23.6 Å². The molecule has 0 radical (unpaired) electrons. The Hall–Kier alpha value is -1.65. The van der Waals surface area contributed by atoms with Gasteiger partial charge in [0.1, 0.15) is 0 Å². The van der Waals surface area contributed by atoms with Gasteiger partial charge in [-0.2, -0.15) is 0 Å². The fourth-order valence-electron chi connectivity index (χ4n) is 2.27. The van der Waals surface area contributed by atoms with E-state index in [-0.39, 0.29) is 28.9 Å². The molecule has 27 heavy (non-hydrogen) atoms. The van der Waals surface area contributed by atoms with E-state index >= 15 is 0 Å². The molecule has 0 aromatic heterocycles. The maximum absolute atomic E-state index is 12.1. The van der Waals surface area contributed by atoms with Crippen molar-refractivity contribution in [1.82, 2.24) is 14.9 Å². The number of hydrogen-bond donors (Lipinski definition) is 2. The molecule has 148 valence electrons. The first-order valence-electron chi connectivity index (χ1n) is 8.51. The summed E-state index contributed by atoms with van der Waals surface area (Å²) in [5.41, 5.74) is 2.12. The van der Waals surface area contributed by atoms with E-state index in [9.17, 15) is 8.42 Å². The van der Waals surface area contributed by atoms with Crippen molar-refractivity contribution in [3.63, 3.8) is 0 Å². The van der Waals surface area contributed by atoms with Crippen molar-refractivity contribution in [3.05, 3.63) is 65.7 Å². The second kappa shape index (κ2) is 11.3. The third kappa shape index (κ3) is 7.11. The summed E-state index contributed by atoms with van der Waals surface area (Å²) in [6.07, 6.45) is 0. The Balaban J connectivity index is 0.00000364. The Kier molecular flexibility index (Phi) is 9.75. The number of benzene rings is 2. The van der Waals surface area contributed by atoms with Crippen molar-refractivity contribution in [3.8, 4) is 0 Å². The van der Waals surface area contributed by atoms with Gasteiger partial charge >= 0.3 is 0 Å². The van der Waals surface area contributed by atoms with Crippen LogP contribution < -0.4 is 10.6 Å². The maximum Gasteiger partial charge on any atom is 0.242 e. The minimum atomic E-state index is -3.40. The predicted octanol–water partition coefficient (Wildman–Crippen LogP) is 2.81. The Morgan fingerprint density at radius 3 is 2.15 bits per heavy atom. The molecule has 0 bridgehead atoms. The lowest BCUT2D eigenvalue weighted by molar-refractivity contribution is 0.520. The summed E-state index contributed by atoms with van der Waals surface area (Å²) in [5, 5.41) is 6.48. The number of nitrogens with zero attached hydrogens (tertiary/aromatic N) is 2. The fourth-order valence-corrected chi connectivity index (χ4v) is 3.17. The van der Waals surface area contributed by atoms with Crippen LogP contribution in [0.4, 0.5) is 0 Å². The lowest BCUT2D eigenvalue weighted by atomic mass is 10.2. The molecule has 8 heteroatoms. The number of sulfonamides is 1. The molecule has 2 aromatic rings. The summed E-state index contributed by atoms with van der Waals surface area (Å²) in [6.45, 7) is 3.93. The standard InChI is InChI=1S/C19H26N4O2S.HI/c1-4-20-19(21-14-16-8-6-5-7-9-16)22-15-17-10-12-18(13-11-17)26(24,25)23(2)3;/h5-13H,4,14-15H2,1-3H3,(H2,20,21,22);1H. The van der Waals surface area contributed by atoms with Gasteiger partial charge in [-0.05, 0) is 30.2 Å². The number of guanidine groups is 1. The lowest BCUT2D eigenvalue weighted by Crippen LogP contribution is -2.36. The number of hydrogen-bond acceptors (Lipinski definition) is 3. The van der Waals surface area contributed by atoms with E-state index in [2.05, 4.69) is 15.6 Å². The van der Waals surface area contributed by atoms with Gasteiger partial charge in [-0.25, -0.2) is 17.7 Å². The second-order valence-corrected chi connectivity index (χ2v) is 8.12. The molecular formula is C19H27IN4O2S. The molecule has 6 nitrogen and oxygen atoms in total. The highest BCUT2D eigenvalue weighted by Crippen LogP contribution is 2.13. The molecule has 2 N–H and O–H groups in total. The van der Waals surface area contributed by atoms with E-state index in [1.54, 1.807) is 12.1 Å². The van der Waals surface area contributed by atoms with Crippen LogP contribution in [0, 0.1) is 0 Å². The Morgan fingerprint density at radius 1 is 0.963 bits per heavy atom. The largest absolute Gasteiger partial charge is 0.357 e. The highest BCUT2D eigenvalue weighted by molar-refractivity contribution is 14.0. The zero-order valence-corrected chi connectivity index (χ0v) is 19.0. The molecule has 0 saturated heterocycles. The van der Waals surface area contributed by atoms with E-state index in [4.69, 9.17) is 0 Å². The number of nitrogens with one attached hydrogen (secondary N) is 2. The van der Waals surface area contributed by atoms with Crippen molar-refractivity contribution in [2.45, 2.75) is 24.9 Å². The molecule has 0 fully saturated rings. The summed E-state index contributed by atoms with van der Waals surface area (Å²) >= 11 is 0. The van der Waals surface area contributed by atoms with E-state index < -0.39 is 10.0 Å². The summed E-state index contributed by atoms with van der Waals surface area (Å²) in [5.74, 6) is 0.723. The molecular weight excluding hydrogens is 475 g/mol. The highest BCUT2D eigenvalue weighted by atomic mass is 127. The summed E-state index contributed by atoms with van der Waals surface area (Å²) < 4.78 is 25.4. The zero-order valence-electron chi connectivity index (χ0n) is 15.8. The second-order valence-electron chi connectivity index (χ2n) is 5.97. The van der Waals surface area contributed by atoms with Gasteiger partial charge in [-0.3, -0.25) is 0 Å². The van der Waals surface area contributed by atoms with Crippen molar-refractivity contribution in [1.29, 1.82) is 0 Å². The average molecular weight is 502 g/mol. The van der Waals surface area contributed by atoms with Gasteiger partial charge in [0, 0.05) is 27.2 Å². The van der Waals surface area contributed by atoms with Gasteiger partial charge in [-0.1, -0.05) is 42.5 Å². The molecule has 0 unspecified atom stereocenters. The quantitative estimate of drug-likeness (QED) is 0.347. The van der Waals surface area contributed by atoms with Crippen molar-refractivity contribution in [2.24, 2.45) is 4.99 Å². The third-order valence-corrected chi connectivity index (χ3v) is 5.60. The van der Waals surface area contributed by atoms with Crippen LogP contribution in [-0.2, 0) is 23.1 Å². The van der Waals surface area contributed by atoms with Gasteiger partial charge in [-0.15, -0.1) is 24.0 Å². The molecule has 0 aliphatic rings. The Morgan fingerprint density at radius 2 is 1.59 bits per heavy atom. The third-order valence-electron chi connectivity index (χ3n) is 3.77. The van der Waals surface area contributed by atoms with Crippen LogP contribution in [0.25, 0.3) is 0 Å². The number of halogens is 1. The van der Waals surface area contributed by atoms with Crippen LogP contribution >= 0.6 is 24.0 Å². The molecule has 2 rings (SSSR count). The molecule has 2 aromatic carbocycles. The first kappa shape index (κ1) is 23.4. The van der Waals surface area contributed by atoms with Crippen LogP contribution in [0.3, 0.4) is 0 Å². The normalized spacial score (nSPS) is 11.8. The minimum absolute atomic E-state index is 0. The highest BCUT2D eigenvalue weighted by Gasteiger charge is 2.16. The molecule has 0 atom stereocenters. The topological polar surface area (TPSA) is 73.8 Å². The van der Waals surface area contributed by atoms with Crippen molar-refractivity contribution < 1.29 is 8.42 Å². The minimum Gasteiger partial charge on any atom is -0.357 e. The first-order valence-corrected chi connectivity index (χ1v) is 9.95. The maximum atomic E-state index is 12.1. The molecule has 0 aliphatic heterocycles. The van der Waals surface area contributed by atoms with Gasteiger partial charge in [0.05, 0.1) is 11.4 Å². The summed E-state index contributed by atoms with van der Waals surface area (Å²) in [7, 11) is -0.347. The van der Waals surface area contributed by atoms with Gasteiger partial charge in [0.2, 0.25) is 10.0 Å². The average Bonchev–Trinajstić information content (AvgIpc) is 2.65. The fraction of sp³-hybridized carbons (Fsp3) is 0.316. The van der Waals surface area contributed by atoms with E-state index in [0.29, 0.717) is 13.1 Å². The van der Waals surface area contributed by atoms with Crippen molar-refractivity contribution >= 4 is 40.0 Å². The number of aliphatic imine (C=N–C) groups is 1. The monoisotopic (exact) mass is 502 g/mol. The van der Waals surface area contributed by atoms with E-state index in [1.165, 1.54) is 18.4 Å². The molecule has 0 heterocycles. The van der Waals surface area contributed by atoms with E-state index in [1.807, 2.05) is 49.4 Å². The van der Waals surface area contributed by atoms with Gasteiger partial charge in [0.15, 0.2) is 5.96 Å². The Labute approximate surface area is 179 Å². The summed E-state index contributed by atoms with van der Waals surface area (Å²) in [6, 6.07) is 16.9. The lowest BCUT2D eigenvalue weighted by Gasteiger charge is -2.13. The van der Waals surface area contributed by atoms with Crippen LogP contribution in [0.15, 0.2) is 64.5 Å². The van der Waals surface area contributed by atoms with Crippen molar-refractivity contribution in [2.75, 3.05) is 20.6 Å². The first-order chi connectivity index (χ1) is 12.4. The van der Waals surface area contributed by atoms with Crippen LogP contribution in [0.2, 0.25) is 0 Å². The van der Waals surface area contributed by atoms with Gasteiger partial charge < -0.3 is 10.6 Å².